The first-order chi connectivity index (χ1) is 13.3. The van der Waals surface area contributed by atoms with E-state index in [-0.39, 0.29) is 5.91 Å². The zero-order valence-corrected chi connectivity index (χ0v) is 17.8. The smallest absolute Gasteiger partial charge is 0.341 e. The van der Waals surface area contributed by atoms with Crippen molar-refractivity contribution in [3.63, 3.8) is 0 Å². The molecule has 0 aromatic heterocycles. The quantitative estimate of drug-likeness (QED) is 0.555. The standard InChI is InChI=1S/C18H11BrCl2N2O4S/c19-10-2-1-9(14(6-10)27-8-16(24)25)5-15-17(26)23-18(28-15)22-11-3-4-12(20)13(21)7-11/h1-7H,8H2,(H,24,25)(H,22,23,26)/b15-5+. The number of amidine groups is 1. The molecule has 6 nitrogen and oxygen atoms in total. The summed E-state index contributed by atoms with van der Waals surface area (Å²) < 4.78 is 6.02. The number of hydrogen-bond acceptors (Lipinski definition) is 5. The number of hydrogen-bond donors (Lipinski definition) is 2. The molecule has 0 bridgehead atoms. The first-order valence-electron chi connectivity index (χ1n) is 7.70. The second-order valence-corrected chi connectivity index (χ2v) is 8.21. The summed E-state index contributed by atoms with van der Waals surface area (Å²) >= 11 is 16.3. The van der Waals surface area contributed by atoms with E-state index in [0.717, 1.165) is 16.2 Å². The lowest BCUT2D eigenvalue weighted by molar-refractivity contribution is -0.139. The number of benzene rings is 2. The fourth-order valence-corrected chi connectivity index (χ4v) is 3.65. The van der Waals surface area contributed by atoms with Gasteiger partial charge in [0.05, 0.1) is 20.6 Å². The molecule has 2 N–H and O–H groups in total. The average Bonchev–Trinajstić information content (AvgIpc) is 2.97. The van der Waals surface area contributed by atoms with Crippen LogP contribution in [0.1, 0.15) is 5.56 Å². The minimum absolute atomic E-state index is 0.323. The van der Waals surface area contributed by atoms with Crippen LogP contribution >= 0.6 is 50.9 Å². The minimum Gasteiger partial charge on any atom is -0.481 e. The van der Waals surface area contributed by atoms with E-state index in [2.05, 4.69) is 26.2 Å². The minimum atomic E-state index is -1.09. The maximum absolute atomic E-state index is 12.3. The molecular formula is C18H11BrCl2N2O4S. The van der Waals surface area contributed by atoms with E-state index in [1.54, 1.807) is 42.5 Å². The van der Waals surface area contributed by atoms with Gasteiger partial charge in [0, 0.05) is 10.0 Å². The van der Waals surface area contributed by atoms with Gasteiger partial charge in [-0.1, -0.05) is 45.2 Å². The Hall–Kier alpha value is -2.00. The third-order valence-corrected chi connectivity index (χ3v) is 5.54. The van der Waals surface area contributed by atoms with Crippen LogP contribution in [-0.4, -0.2) is 28.8 Å². The molecule has 3 rings (SSSR count). The van der Waals surface area contributed by atoms with E-state index in [9.17, 15) is 9.59 Å². The molecule has 28 heavy (non-hydrogen) atoms. The number of halogens is 3. The Bertz CT molecular complexity index is 1030. The van der Waals surface area contributed by atoms with Gasteiger partial charge in [-0.05, 0) is 48.2 Å². The van der Waals surface area contributed by atoms with Gasteiger partial charge >= 0.3 is 5.97 Å². The molecule has 1 fully saturated rings. The molecule has 1 heterocycles. The first kappa shape index (κ1) is 20.7. The molecule has 10 heteroatoms. The van der Waals surface area contributed by atoms with Crippen molar-refractivity contribution in [1.29, 1.82) is 0 Å². The molecule has 2 aromatic carbocycles. The number of nitrogens with one attached hydrogen (secondary N) is 1. The summed E-state index contributed by atoms with van der Waals surface area (Å²) in [5.74, 6) is -1.08. The van der Waals surface area contributed by atoms with Crippen molar-refractivity contribution in [3.8, 4) is 5.75 Å². The van der Waals surface area contributed by atoms with Crippen molar-refractivity contribution in [2.75, 3.05) is 6.61 Å². The van der Waals surface area contributed by atoms with Crippen LogP contribution < -0.4 is 10.1 Å². The first-order valence-corrected chi connectivity index (χ1v) is 10.1. The van der Waals surface area contributed by atoms with Gasteiger partial charge in [-0.2, -0.15) is 0 Å². The van der Waals surface area contributed by atoms with Crippen LogP contribution in [0.3, 0.4) is 0 Å². The highest BCUT2D eigenvalue weighted by Crippen LogP contribution is 2.33. The molecule has 0 unspecified atom stereocenters. The Morgan fingerprint density at radius 1 is 1.25 bits per heavy atom. The molecule has 144 valence electrons. The van der Waals surface area contributed by atoms with E-state index in [1.807, 2.05) is 0 Å². The summed E-state index contributed by atoms with van der Waals surface area (Å²) in [5.41, 5.74) is 1.12. The lowest BCUT2D eigenvalue weighted by Gasteiger charge is -2.08. The average molecular weight is 502 g/mol. The summed E-state index contributed by atoms with van der Waals surface area (Å²) in [5, 5.41) is 12.7. The lowest BCUT2D eigenvalue weighted by Crippen LogP contribution is -2.19. The second kappa shape index (κ2) is 9.00. The molecule has 1 saturated heterocycles. The molecule has 0 saturated carbocycles. The lowest BCUT2D eigenvalue weighted by atomic mass is 10.2. The second-order valence-electron chi connectivity index (χ2n) is 5.44. The number of carbonyl (C=O) groups is 2. The number of thioether (sulfide) groups is 1. The summed E-state index contributed by atoms with van der Waals surface area (Å²) in [7, 11) is 0. The van der Waals surface area contributed by atoms with Crippen LogP contribution in [-0.2, 0) is 9.59 Å². The Labute approximate surface area is 182 Å². The molecule has 0 radical (unpaired) electrons. The van der Waals surface area contributed by atoms with Gasteiger partial charge in [0.15, 0.2) is 11.8 Å². The number of ether oxygens (including phenoxy) is 1. The number of aliphatic imine (C=N–C) groups is 1. The van der Waals surface area contributed by atoms with E-state index in [0.29, 0.717) is 37.1 Å². The number of aliphatic carboxylic acids is 1. The molecule has 1 amide bonds. The summed E-state index contributed by atoms with van der Waals surface area (Å²) in [6, 6.07) is 10.0. The van der Waals surface area contributed by atoms with Crippen LogP contribution in [0.2, 0.25) is 10.0 Å². The molecular weight excluding hydrogens is 491 g/mol. The Morgan fingerprint density at radius 2 is 2.04 bits per heavy atom. The maximum atomic E-state index is 12.3. The summed E-state index contributed by atoms with van der Waals surface area (Å²) in [4.78, 5) is 27.8. The predicted molar refractivity (Wildman–Crippen MR) is 115 cm³/mol. The molecule has 2 aromatic rings. The fraction of sp³-hybridized carbons (Fsp3) is 0.0556. The highest BCUT2D eigenvalue weighted by atomic mass is 79.9. The molecule has 0 spiro atoms. The number of rotatable bonds is 5. The van der Waals surface area contributed by atoms with Gasteiger partial charge in [0.2, 0.25) is 0 Å². The van der Waals surface area contributed by atoms with Crippen LogP contribution in [0.25, 0.3) is 6.08 Å². The van der Waals surface area contributed by atoms with Crippen molar-refractivity contribution in [2.45, 2.75) is 0 Å². The van der Waals surface area contributed by atoms with Crippen LogP contribution in [0.4, 0.5) is 5.69 Å². The van der Waals surface area contributed by atoms with Crippen LogP contribution in [0, 0.1) is 0 Å². The Kier molecular flexibility index (Phi) is 6.66. The Balaban J connectivity index is 1.85. The molecule has 1 aliphatic heterocycles. The van der Waals surface area contributed by atoms with Crippen molar-refractivity contribution < 1.29 is 19.4 Å². The SMILES string of the molecule is O=C(O)COc1cc(Br)ccc1/C=C1/SC(=Nc2ccc(Cl)c(Cl)c2)NC1=O. The predicted octanol–water partition coefficient (Wildman–Crippen LogP) is 5.11. The largest absolute Gasteiger partial charge is 0.481 e. The third kappa shape index (κ3) is 5.29. The normalized spacial score (nSPS) is 16.5. The zero-order valence-electron chi connectivity index (χ0n) is 13.9. The Morgan fingerprint density at radius 3 is 2.75 bits per heavy atom. The topological polar surface area (TPSA) is 88.0 Å². The van der Waals surface area contributed by atoms with Crippen molar-refractivity contribution in [2.24, 2.45) is 4.99 Å². The monoisotopic (exact) mass is 500 g/mol. The van der Waals surface area contributed by atoms with Gasteiger partial charge in [0.1, 0.15) is 5.75 Å². The van der Waals surface area contributed by atoms with Gasteiger partial charge in [-0.25, -0.2) is 9.79 Å². The maximum Gasteiger partial charge on any atom is 0.341 e. The number of carboxylic acid groups (broad SMARTS) is 1. The zero-order chi connectivity index (χ0) is 20.3. The summed E-state index contributed by atoms with van der Waals surface area (Å²) in [6.07, 6.45) is 1.61. The summed E-state index contributed by atoms with van der Waals surface area (Å²) in [6.45, 7) is -0.490. The van der Waals surface area contributed by atoms with E-state index in [4.69, 9.17) is 33.0 Å². The van der Waals surface area contributed by atoms with E-state index < -0.39 is 12.6 Å². The van der Waals surface area contributed by atoms with Crippen LogP contribution in [0.15, 0.2) is 50.8 Å². The van der Waals surface area contributed by atoms with Crippen molar-refractivity contribution in [3.05, 3.63) is 61.4 Å². The third-order valence-electron chi connectivity index (χ3n) is 3.40. The fourth-order valence-electron chi connectivity index (χ4n) is 2.19. The highest BCUT2D eigenvalue weighted by molar-refractivity contribution is 9.10. The van der Waals surface area contributed by atoms with Gasteiger partial charge in [-0.3, -0.25) is 4.79 Å². The number of carboxylic acids is 1. The number of carbonyl (C=O) groups excluding carboxylic acids is 1. The van der Waals surface area contributed by atoms with Gasteiger partial charge in [0.25, 0.3) is 5.91 Å². The van der Waals surface area contributed by atoms with Crippen LogP contribution in [0.5, 0.6) is 5.75 Å². The van der Waals surface area contributed by atoms with Crippen molar-refractivity contribution >= 4 is 79.7 Å². The number of nitrogens with zero attached hydrogens (tertiary/aromatic N) is 1. The van der Waals surface area contributed by atoms with E-state index >= 15 is 0 Å². The van der Waals surface area contributed by atoms with Gasteiger partial charge < -0.3 is 15.2 Å². The van der Waals surface area contributed by atoms with Gasteiger partial charge in [-0.15, -0.1) is 0 Å². The van der Waals surface area contributed by atoms with E-state index in [1.165, 1.54) is 0 Å². The highest BCUT2D eigenvalue weighted by Gasteiger charge is 2.24. The molecule has 1 aliphatic rings. The van der Waals surface area contributed by atoms with Crippen molar-refractivity contribution in [1.82, 2.24) is 5.32 Å². The molecule has 0 atom stereocenters. The molecule has 0 aliphatic carbocycles. The number of amides is 1.